The Hall–Kier alpha value is -0.610. The van der Waals surface area contributed by atoms with Gasteiger partial charge in [0.25, 0.3) is 0 Å². The van der Waals surface area contributed by atoms with Crippen LogP contribution in [0.25, 0.3) is 0 Å². The number of hydrogen-bond donors (Lipinski definition) is 1. The molecule has 0 unspecified atom stereocenters. The summed E-state index contributed by atoms with van der Waals surface area (Å²) in [6.45, 7) is 7.20. The summed E-state index contributed by atoms with van der Waals surface area (Å²) in [5, 5.41) is 5.43. The first-order chi connectivity index (χ1) is 9.76. The second kappa shape index (κ2) is 11.0. The highest BCUT2D eigenvalue weighted by atomic mass is 32.2. The number of thioether (sulfide) groups is 1. The molecule has 0 atom stereocenters. The zero-order valence-corrected chi connectivity index (χ0v) is 14.4. The topological polar surface area (TPSA) is 20.2 Å². The van der Waals surface area contributed by atoms with Gasteiger partial charge >= 0.3 is 5.25 Å². The summed E-state index contributed by atoms with van der Waals surface area (Å²) in [5.41, 5.74) is 3.84. The Kier molecular flexibility index (Phi) is 10.7. The summed E-state index contributed by atoms with van der Waals surface area (Å²) in [6, 6.07) is 0. The molecule has 0 aromatic rings. The Morgan fingerprint density at radius 2 is 1.48 bits per heavy atom. The first-order valence-corrected chi connectivity index (χ1v) is 8.32. The fourth-order valence-electron chi connectivity index (χ4n) is 1.69. The van der Waals surface area contributed by atoms with E-state index in [0.717, 1.165) is 31.3 Å². The van der Waals surface area contributed by atoms with Gasteiger partial charge in [-0.2, -0.15) is 8.78 Å². The third kappa shape index (κ3) is 12.8. The molecule has 0 amide bonds. The fraction of sp³-hybridized carbons (Fsp3) is 0.647. The van der Waals surface area contributed by atoms with E-state index in [1.807, 2.05) is 13.0 Å². The molecule has 21 heavy (non-hydrogen) atoms. The number of hydrogen-bond acceptors (Lipinski definition) is 2. The van der Waals surface area contributed by atoms with Gasteiger partial charge in [0, 0.05) is 5.75 Å². The first-order valence-electron chi connectivity index (χ1n) is 7.34. The summed E-state index contributed by atoms with van der Waals surface area (Å²) in [7, 11) is 0. The van der Waals surface area contributed by atoms with Gasteiger partial charge in [0.05, 0.1) is 0 Å². The van der Waals surface area contributed by atoms with Crippen molar-refractivity contribution in [3.05, 3.63) is 34.9 Å². The van der Waals surface area contributed by atoms with Crippen LogP contribution in [0.2, 0.25) is 0 Å². The molecule has 0 bridgehead atoms. The quantitative estimate of drug-likeness (QED) is 0.519. The monoisotopic (exact) mass is 318 g/mol. The molecule has 1 N–H and O–H groups in total. The molecule has 1 nitrogen and oxygen atoms in total. The molecule has 0 aromatic carbocycles. The molecule has 0 rings (SSSR count). The number of alkyl halides is 2. The van der Waals surface area contributed by atoms with Crippen molar-refractivity contribution in [1.29, 1.82) is 0 Å². The molecule has 4 heteroatoms. The third-order valence-electron chi connectivity index (χ3n) is 3.03. The summed E-state index contributed by atoms with van der Waals surface area (Å²) < 4.78 is 25.6. The Bertz CT molecular complexity index is 380. The van der Waals surface area contributed by atoms with Crippen molar-refractivity contribution in [2.24, 2.45) is 0 Å². The van der Waals surface area contributed by atoms with Crippen LogP contribution in [0.15, 0.2) is 34.9 Å². The highest BCUT2D eigenvalue weighted by Crippen LogP contribution is 2.28. The van der Waals surface area contributed by atoms with Crippen molar-refractivity contribution < 1.29 is 13.9 Å². The van der Waals surface area contributed by atoms with Gasteiger partial charge in [0.1, 0.15) is 6.61 Å². The maximum atomic E-state index is 12.8. The maximum Gasteiger partial charge on any atom is 0.316 e. The first kappa shape index (κ1) is 20.4. The van der Waals surface area contributed by atoms with Crippen LogP contribution in [0.5, 0.6) is 0 Å². The standard InChI is InChI=1S/C17H28F2OS/c1-14(2)7-5-8-15(3)9-6-10-16(4)11-12-21-17(18,19)13-20/h7,9,11,20H,5-6,8,10,12-13H2,1-4H3/b15-9+,16-11+. The Balaban J connectivity index is 3.96. The minimum absolute atomic E-state index is 0.239. The lowest BCUT2D eigenvalue weighted by molar-refractivity contribution is 0.0364. The van der Waals surface area contributed by atoms with E-state index in [0.29, 0.717) is 11.8 Å². The Morgan fingerprint density at radius 3 is 2.00 bits per heavy atom. The van der Waals surface area contributed by atoms with E-state index in [1.54, 1.807) is 0 Å². The molecule has 0 aliphatic heterocycles. The summed E-state index contributed by atoms with van der Waals surface area (Å²) in [4.78, 5) is 0. The molecule has 0 aliphatic carbocycles. The SMILES string of the molecule is CC(C)=CCC/C(C)=C/CC/C(C)=C/CSC(F)(F)CO. The van der Waals surface area contributed by atoms with Gasteiger partial charge < -0.3 is 5.11 Å². The normalized spacial score (nSPS) is 13.5. The van der Waals surface area contributed by atoms with Crippen LogP contribution in [-0.2, 0) is 0 Å². The van der Waals surface area contributed by atoms with Crippen LogP contribution in [0.1, 0.15) is 53.4 Å². The number of halogens is 2. The van der Waals surface area contributed by atoms with Crippen molar-refractivity contribution in [2.45, 2.75) is 58.6 Å². The number of aliphatic hydroxyl groups excluding tert-OH is 1. The Morgan fingerprint density at radius 1 is 0.952 bits per heavy atom. The summed E-state index contributed by atoms with van der Waals surface area (Å²) in [6.07, 6.45) is 10.3. The van der Waals surface area contributed by atoms with E-state index in [1.165, 1.54) is 11.1 Å². The molecule has 0 spiro atoms. The van der Waals surface area contributed by atoms with Crippen molar-refractivity contribution in [3.63, 3.8) is 0 Å². The third-order valence-corrected chi connectivity index (χ3v) is 3.92. The highest BCUT2D eigenvalue weighted by molar-refractivity contribution is 8.00. The molecule has 0 fully saturated rings. The predicted molar refractivity (Wildman–Crippen MR) is 89.9 cm³/mol. The van der Waals surface area contributed by atoms with E-state index in [-0.39, 0.29) is 5.75 Å². The zero-order chi connectivity index (χ0) is 16.3. The van der Waals surface area contributed by atoms with Gasteiger partial charge in [0.15, 0.2) is 0 Å². The van der Waals surface area contributed by atoms with Crippen molar-refractivity contribution in [1.82, 2.24) is 0 Å². The number of allylic oxidation sites excluding steroid dienone is 5. The lowest BCUT2D eigenvalue weighted by Gasteiger charge is -2.10. The van der Waals surface area contributed by atoms with Crippen LogP contribution in [0, 0.1) is 0 Å². The number of rotatable bonds is 10. The van der Waals surface area contributed by atoms with Gasteiger partial charge in [-0.3, -0.25) is 0 Å². The molecule has 122 valence electrons. The summed E-state index contributed by atoms with van der Waals surface area (Å²) in [5.74, 6) is 0.239. The molecular formula is C17H28F2OS. The molecule has 0 saturated carbocycles. The molecule has 0 aromatic heterocycles. The van der Waals surface area contributed by atoms with E-state index < -0.39 is 11.9 Å². The van der Waals surface area contributed by atoms with Crippen molar-refractivity contribution >= 4 is 11.8 Å². The Labute approximate surface area is 132 Å². The van der Waals surface area contributed by atoms with Gasteiger partial charge in [-0.05, 0) is 53.4 Å². The molecule has 0 saturated heterocycles. The van der Waals surface area contributed by atoms with E-state index in [9.17, 15) is 8.78 Å². The highest BCUT2D eigenvalue weighted by Gasteiger charge is 2.27. The van der Waals surface area contributed by atoms with Crippen molar-refractivity contribution in [3.8, 4) is 0 Å². The second-order valence-electron chi connectivity index (χ2n) is 5.57. The maximum absolute atomic E-state index is 12.8. The van der Waals surface area contributed by atoms with Crippen LogP contribution >= 0.6 is 11.8 Å². The number of aliphatic hydroxyl groups is 1. The van der Waals surface area contributed by atoms with Gasteiger partial charge in [-0.25, -0.2) is 0 Å². The molecule has 0 aliphatic rings. The van der Waals surface area contributed by atoms with E-state index >= 15 is 0 Å². The zero-order valence-electron chi connectivity index (χ0n) is 13.6. The molecule has 0 heterocycles. The second-order valence-corrected chi connectivity index (χ2v) is 6.79. The van der Waals surface area contributed by atoms with Gasteiger partial charge in [-0.1, -0.05) is 46.7 Å². The lowest BCUT2D eigenvalue weighted by Crippen LogP contribution is -2.16. The van der Waals surface area contributed by atoms with Gasteiger partial charge in [0.2, 0.25) is 0 Å². The predicted octanol–water partition coefficient (Wildman–Crippen LogP) is 5.72. The lowest BCUT2D eigenvalue weighted by atomic mass is 10.1. The minimum Gasteiger partial charge on any atom is -0.389 e. The largest absolute Gasteiger partial charge is 0.389 e. The summed E-state index contributed by atoms with van der Waals surface area (Å²) >= 11 is 0.479. The minimum atomic E-state index is -3.03. The van der Waals surface area contributed by atoms with Crippen LogP contribution in [-0.4, -0.2) is 22.7 Å². The van der Waals surface area contributed by atoms with Crippen LogP contribution in [0.4, 0.5) is 8.78 Å². The van der Waals surface area contributed by atoms with E-state index in [4.69, 9.17) is 5.11 Å². The average molecular weight is 318 g/mol. The smallest absolute Gasteiger partial charge is 0.316 e. The van der Waals surface area contributed by atoms with Crippen LogP contribution < -0.4 is 0 Å². The molecule has 0 radical (unpaired) electrons. The van der Waals surface area contributed by atoms with Gasteiger partial charge in [-0.15, -0.1) is 0 Å². The van der Waals surface area contributed by atoms with Crippen molar-refractivity contribution in [2.75, 3.05) is 12.4 Å². The van der Waals surface area contributed by atoms with Crippen LogP contribution in [0.3, 0.4) is 0 Å². The van der Waals surface area contributed by atoms with E-state index in [2.05, 4.69) is 32.9 Å². The average Bonchev–Trinajstić information content (AvgIpc) is 2.38. The molecular weight excluding hydrogens is 290 g/mol. The fourth-order valence-corrected chi connectivity index (χ4v) is 2.39.